The molecule has 0 amide bonds. The van der Waals surface area contributed by atoms with Crippen LogP contribution in [0.3, 0.4) is 0 Å². The standard InChI is InChI=1S/C22H19ClN2O/c1-2-3-13-25-18-12-8-7-11-16(18)19-20(23)17(14-26)21(24-22(19)25)15-9-5-4-6-10-15/h4-12,14H,2-3,13H2,1H3. The van der Waals surface area contributed by atoms with Gasteiger partial charge in [-0.3, -0.25) is 4.79 Å². The first kappa shape index (κ1) is 16.8. The summed E-state index contributed by atoms with van der Waals surface area (Å²) in [6.07, 6.45) is 2.97. The molecule has 0 N–H and O–H groups in total. The van der Waals surface area contributed by atoms with Crippen molar-refractivity contribution < 1.29 is 4.79 Å². The van der Waals surface area contributed by atoms with Gasteiger partial charge in [-0.05, 0) is 12.5 Å². The molecule has 26 heavy (non-hydrogen) atoms. The predicted octanol–water partition coefficient (Wildman–Crippen LogP) is 6.12. The normalized spacial score (nSPS) is 11.3. The van der Waals surface area contributed by atoms with Crippen LogP contribution in [-0.2, 0) is 6.54 Å². The molecule has 4 aromatic rings. The van der Waals surface area contributed by atoms with Gasteiger partial charge in [-0.1, -0.05) is 73.5 Å². The lowest BCUT2D eigenvalue weighted by atomic mass is 10.0. The number of carbonyl (C=O) groups is 1. The first-order chi connectivity index (χ1) is 12.8. The molecule has 2 aromatic carbocycles. The highest BCUT2D eigenvalue weighted by atomic mass is 35.5. The fraction of sp³-hybridized carbons (Fsp3) is 0.182. The monoisotopic (exact) mass is 362 g/mol. The molecule has 4 rings (SSSR count). The van der Waals surface area contributed by atoms with Crippen molar-refractivity contribution in [1.82, 2.24) is 9.55 Å². The minimum Gasteiger partial charge on any atom is -0.325 e. The lowest BCUT2D eigenvalue weighted by molar-refractivity contribution is 0.112. The number of aryl methyl sites for hydroxylation is 1. The summed E-state index contributed by atoms with van der Waals surface area (Å²) in [7, 11) is 0. The van der Waals surface area contributed by atoms with Crippen LogP contribution in [0.5, 0.6) is 0 Å². The van der Waals surface area contributed by atoms with Crippen molar-refractivity contribution in [3.63, 3.8) is 0 Å². The molecule has 0 aliphatic rings. The topological polar surface area (TPSA) is 34.9 Å². The third-order valence-electron chi connectivity index (χ3n) is 4.77. The average molecular weight is 363 g/mol. The van der Waals surface area contributed by atoms with E-state index in [-0.39, 0.29) is 0 Å². The van der Waals surface area contributed by atoms with E-state index >= 15 is 0 Å². The van der Waals surface area contributed by atoms with Crippen LogP contribution in [0.2, 0.25) is 5.02 Å². The number of unbranched alkanes of at least 4 members (excludes halogenated alkanes) is 1. The zero-order valence-corrected chi connectivity index (χ0v) is 15.3. The largest absolute Gasteiger partial charge is 0.325 e. The lowest BCUT2D eigenvalue weighted by Crippen LogP contribution is -2.01. The zero-order chi connectivity index (χ0) is 18.1. The van der Waals surface area contributed by atoms with Gasteiger partial charge in [0.2, 0.25) is 0 Å². The highest BCUT2D eigenvalue weighted by molar-refractivity contribution is 6.40. The third kappa shape index (κ3) is 2.60. The Bertz CT molecular complexity index is 1100. The van der Waals surface area contributed by atoms with Crippen LogP contribution >= 0.6 is 11.6 Å². The minimum atomic E-state index is 0.448. The second-order valence-corrected chi connectivity index (χ2v) is 6.77. The molecule has 0 unspecified atom stereocenters. The Labute approximate surface area is 157 Å². The second kappa shape index (κ2) is 6.93. The van der Waals surface area contributed by atoms with Gasteiger partial charge in [-0.25, -0.2) is 4.98 Å². The predicted molar refractivity (Wildman–Crippen MR) is 108 cm³/mol. The third-order valence-corrected chi connectivity index (χ3v) is 5.17. The average Bonchev–Trinajstić information content (AvgIpc) is 3.00. The van der Waals surface area contributed by atoms with Crippen molar-refractivity contribution in [2.24, 2.45) is 0 Å². The molecular weight excluding hydrogens is 344 g/mol. The molecule has 0 saturated carbocycles. The Balaban J connectivity index is 2.13. The van der Waals surface area contributed by atoms with Crippen LogP contribution in [0.15, 0.2) is 54.6 Å². The number of aromatic nitrogens is 2. The van der Waals surface area contributed by atoms with Crippen molar-refractivity contribution >= 4 is 39.8 Å². The maximum Gasteiger partial charge on any atom is 0.153 e. The van der Waals surface area contributed by atoms with Crippen molar-refractivity contribution in [2.75, 3.05) is 0 Å². The fourth-order valence-corrected chi connectivity index (χ4v) is 3.81. The molecule has 0 radical (unpaired) electrons. The summed E-state index contributed by atoms with van der Waals surface area (Å²) >= 11 is 6.74. The molecule has 2 aromatic heterocycles. The van der Waals surface area contributed by atoms with E-state index in [1.165, 1.54) is 0 Å². The number of aldehydes is 1. The quantitative estimate of drug-likeness (QED) is 0.401. The number of hydrogen-bond donors (Lipinski definition) is 0. The maximum absolute atomic E-state index is 11.8. The summed E-state index contributed by atoms with van der Waals surface area (Å²) in [6, 6.07) is 17.9. The molecule has 3 nitrogen and oxygen atoms in total. The van der Waals surface area contributed by atoms with Crippen LogP contribution in [0.25, 0.3) is 33.2 Å². The van der Waals surface area contributed by atoms with Crippen molar-refractivity contribution in [2.45, 2.75) is 26.3 Å². The number of pyridine rings is 1. The van der Waals surface area contributed by atoms with Gasteiger partial charge in [0.1, 0.15) is 5.65 Å². The van der Waals surface area contributed by atoms with Crippen LogP contribution in [-0.4, -0.2) is 15.8 Å². The number of halogens is 1. The number of benzene rings is 2. The van der Waals surface area contributed by atoms with Crippen LogP contribution in [0.1, 0.15) is 30.1 Å². The van der Waals surface area contributed by atoms with E-state index in [0.717, 1.165) is 53.2 Å². The van der Waals surface area contributed by atoms with E-state index in [9.17, 15) is 4.79 Å². The van der Waals surface area contributed by atoms with Crippen molar-refractivity contribution in [3.8, 4) is 11.3 Å². The SMILES string of the molecule is CCCCn1c2ccccc2c2c(Cl)c(C=O)c(-c3ccccc3)nc21. The summed E-state index contributed by atoms with van der Waals surface area (Å²) < 4.78 is 2.22. The van der Waals surface area contributed by atoms with Crippen LogP contribution < -0.4 is 0 Å². The summed E-state index contributed by atoms with van der Waals surface area (Å²) in [6.45, 7) is 3.05. The van der Waals surface area contributed by atoms with Crippen molar-refractivity contribution in [1.29, 1.82) is 0 Å². The molecule has 4 heteroatoms. The number of carbonyl (C=O) groups excluding carboxylic acids is 1. The zero-order valence-electron chi connectivity index (χ0n) is 14.6. The molecule has 0 spiro atoms. The van der Waals surface area contributed by atoms with Gasteiger partial charge in [-0.2, -0.15) is 0 Å². The molecule has 0 atom stereocenters. The van der Waals surface area contributed by atoms with Crippen molar-refractivity contribution in [3.05, 3.63) is 65.2 Å². The smallest absolute Gasteiger partial charge is 0.153 e. The van der Waals surface area contributed by atoms with Gasteiger partial charge in [0, 0.05) is 22.9 Å². The molecule has 0 aliphatic heterocycles. The van der Waals surface area contributed by atoms with Gasteiger partial charge in [0.25, 0.3) is 0 Å². The number of para-hydroxylation sites is 1. The first-order valence-electron chi connectivity index (χ1n) is 8.87. The van der Waals surface area contributed by atoms with Gasteiger partial charge in [0.05, 0.1) is 21.8 Å². The molecule has 0 saturated heterocycles. The highest BCUT2D eigenvalue weighted by Crippen LogP contribution is 2.38. The van der Waals surface area contributed by atoms with E-state index in [1.807, 2.05) is 48.5 Å². The molecule has 130 valence electrons. The fourth-order valence-electron chi connectivity index (χ4n) is 3.49. The first-order valence-corrected chi connectivity index (χ1v) is 9.25. The lowest BCUT2D eigenvalue weighted by Gasteiger charge is -2.10. The van der Waals surface area contributed by atoms with Gasteiger partial charge < -0.3 is 4.57 Å². The van der Waals surface area contributed by atoms with E-state index in [2.05, 4.69) is 17.6 Å². The van der Waals surface area contributed by atoms with Gasteiger partial charge in [-0.15, -0.1) is 0 Å². The Morgan fingerprint density at radius 1 is 1.08 bits per heavy atom. The highest BCUT2D eigenvalue weighted by Gasteiger charge is 2.20. The number of nitrogens with zero attached hydrogens (tertiary/aromatic N) is 2. The molecule has 2 heterocycles. The Morgan fingerprint density at radius 2 is 1.81 bits per heavy atom. The van der Waals surface area contributed by atoms with E-state index < -0.39 is 0 Å². The second-order valence-electron chi connectivity index (χ2n) is 6.39. The van der Waals surface area contributed by atoms with Gasteiger partial charge >= 0.3 is 0 Å². The number of rotatable bonds is 5. The molecule has 0 bridgehead atoms. The summed E-state index contributed by atoms with van der Waals surface area (Å²) in [5.41, 5.74) is 3.93. The Morgan fingerprint density at radius 3 is 2.54 bits per heavy atom. The number of hydrogen-bond acceptors (Lipinski definition) is 2. The van der Waals surface area contributed by atoms with E-state index in [1.54, 1.807) is 0 Å². The molecule has 0 aliphatic carbocycles. The van der Waals surface area contributed by atoms with Crippen LogP contribution in [0.4, 0.5) is 0 Å². The summed E-state index contributed by atoms with van der Waals surface area (Å²) in [5.74, 6) is 0. The number of fused-ring (bicyclic) bond motifs is 3. The van der Waals surface area contributed by atoms with E-state index in [0.29, 0.717) is 16.3 Å². The van der Waals surface area contributed by atoms with Crippen LogP contribution in [0, 0.1) is 0 Å². The maximum atomic E-state index is 11.8. The van der Waals surface area contributed by atoms with E-state index in [4.69, 9.17) is 16.6 Å². The summed E-state index contributed by atoms with van der Waals surface area (Å²) in [4.78, 5) is 16.8. The van der Waals surface area contributed by atoms with Gasteiger partial charge in [0.15, 0.2) is 6.29 Å². The molecular formula is C22H19ClN2O. The Kier molecular flexibility index (Phi) is 4.48. The summed E-state index contributed by atoms with van der Waals surface area (Å²) in [5, 5.41) is 2.38. The minimum absolute atomic E-state index is 0.448. The Hall–Kier alpha value is -2.65. The molecule has 0 fully saturated rings.